The first kappa shape index (κ1) is 40.4. The molecule has 0 aromatic heterocycles. The van der Waals surface area contributed by atoms with Crippen LogP contribution < -0.4 is 0 Å². The van der Waals surface area contributed by atoms with E-state index in [0.29, 0.717) is 57.0 Å². The number of carbonyl (C=O) groups is 3. The number of aliphatic hydroxyl groups excluding tert-OH is 6. The summed E-state index contributed by atoms with van der Waals surface area (Å²) >= 11 is 0. The van der Waals surface area contributed by atoms with Crippen LogP contribution in [0.25, 0.3) is 0 Å². The summed E-state index contributed by atoms with van der Waals surface area (Å²) in [5, 5.41) is 55.3. The van der Waals surface area contributed by atoms with Crippen LogP contribution in [0.2, 0.25) is 0 Å². The molecule has 0 saturated carbocycles. The number of likely N-dealkylation sites (tertiary alicyclic amines) is 3. The van der Waals surface area contributed by atoms with E-state index in [1.54, 1.807) is 14.7 Å². The molecule has 3 rings (SSSR count). The van der Waals surface area contributed by atoms with Crippen LogP contribution in [0.4, 0.5) is 0 Å². The Kier molecular flexibility index (Phi) is 20.7. The van der Waals surface area contributed by atoms with Gasteiger partial charge in [-0.25, -0.2) is 0 Å². The molecule has 0 aromatic carbocycles. The first-order chi connectivity index (χ1) is 19.9. The molecule has 0 bridgehead atoms. The Morgan fingerprint density at radius 3 is 0.837 bits per heavy atom. The molecule has 0 unspecified atom stereocenters. The van der Waals surface area contributed by atoms with E-state index < -0.39 is 0 Å². The fraction of sp³-hybridized carbons (Fsp3) is 0.700. The average molecular weight is 654 g/mol. The SMILES string of the molecule is CC(=O)C=C(O)N1CCC(CO)CC1.CC(=O)C=C(O)N1CCC(CO)CC1.CC(=O)C=C(O)N1CCC(CO)CC1.[Fe]. The molecule has 13 heteroatoms. The molecule has 3 aliphatic heterocycles. The number of hydrogen-bond donors (Lipinski definition) is 6. The summed E-state index contributed by atoms with van der Waals surface area (Å²) in [4.78, 5) is 37.5. The topological polar surface area (TPSA) is 182 Å². The molecule has 3 aliphatic rings. The first-order valence-electron chi connectivity index (χ1n) is 14.7. The van der Waals surface area contributed by atoms with E-state index in [4.69, 9.17) is 15.3 Å². The molecule has 3 fully saturated rings. The monoisotopic (exact) mass is 653 g/mol. The zero-order valence-electron chi connectivity index (χ0n) is 25.7. The third-order valence-electron chi connectivity index (χ3n) is 7.59. The minimum atomic E-state index is -0.146. The van der Waals surface area contributed by atoms with Crippen LogP contribution in [0.5, 0.6) is 0 Å². The summed E-state index contributed by atoms with van der Waals surface area (Å²) in [6.07, 6.45) is 8.91. The Bertz CT molecular complexity index is 814. The smallest absolute Gasteiger partial charge is 0.190 e. The van der Waals surface area contributed by atoms with Crippen molar-refractivity contribution < 1.29 is 62.1 Å². The predicted octanol–water partition coefficient (Wildman–Crippen LogP) is 2.03. The number of nitrogens with zero attached hydrogens (tertiary/aromatic N) is 3. The van der Waals surface area contributed by atoms with Gasteiger partial charge in [0.2, 0.25) is 0 Å². The van der Waals surface area contributed by atoms with Gasteiger partial charge in [0.15, 0.2) is 35.0 Å². The van der Waals surface area contributed by atoms with Gasteiger partial charge in [-0.2, -0.15) is 0 Å². The Morgan fingerprint density at radius 1 is 0.512 bits per heavy atom. The normalized spacial score (nSPS) is 19.4. The molecule has 3 saturated heterocycles. The van der Waals surface area contributed by atoms with Gasteiger partial charge in [0, 0.05) is 94.4 Å². The predicted molar refractivity (Wildman–Crippen MR) is 158 cm³/mol. The number of allylic oxidation sites excluding steroid dienone is 3. The average Bonchev–Trinajstić information content (AvgIpc) is 2.97. The van der Waals surface area contributed by atoms with Crippen molar-refractivity contribution in [1.82, 2.24) is 14.7 Å². The maximum Gasteiger partial charge on any atom is 0.190 e. The van der Waals surface area contributed by atoms with Gasteiger partial charge < -0.3 is 45.3 Å². The van der Waals surface area contributed by atoms with Crippen molar-refractivity contribution >= 4 is 17.3 Å². The number of hydrogen-bond acceptors (Lipinski definition) is 12. The molecule has 0 aromatic rings. The molecule has 0 spiro atoms. The van der Waals surface area contributed by atoms with Crippen molar-refractivity contribution in [3.63, 3.8) is 0 Å². The zero-order valence-corrected chi connectivity index (χ0v) is 26.8. The Hall–Kier alpha value is -2.57. The Labute approximate surface area is 265 Å². The minimum absolute atomic E-state index is 0. The van der Waals surface area contributed by atoms with E-state index in [1.165, 1.54) is 39.0 Å². The molecule has 248 valence electrons. The van der Waals surface area contributed by atoms with Gasteiger partial charge in [0.05, 0.1) is 0 Å². The maximum atomic E-state index is 10.7. The van der Waals surface area contributed by atoms with Crippen LogP contribution in [0.1, 0.15) is 59.3 Å². The van der Waals surface area contributed by atoms with Crippen molar-refractivity contribution in [2.45, 2.75) is 59.3 Å². The summed E-state index contributed by atoms with van der Waals surface area (Å²) in [7, 11) is 0. The van der Waals surface area contributed by atoms with Gasteiger partial charge >= 0.3 is 0 Å². The van der Waals surface area contributed by atoms with Crippen LogP contribution in [-0.4, -0.2) is 122 Å². The standard InChI is InChI=1S/3C10H17NO3.Fe/c3*1-8(13)6-10(14)11-4-2-9(7-12)3-5-11;/h3*6,9,12,14H,2-5,7H2,1H3;. The number of carbonyl (C=O) groups excluding carboxylic acids is 3. The van der Waals surface area contributed by atoms with Gasteiger partial charge in [0.25, 0.3) is 0 Å². The van der Waals surface area contributed by atoms with Crippen molar-refractivity contribution in [3.8, 4) is 0 Å². The molecule has 43 heavy (non-hydrogen) atoms. The maximum absolute atomic E-state index is 10.7. The fourth-order valence-electron chi connectivity index (χ4n) is 4.85. The molecule has 3 heterocycles. The van der Waals surface area contributed by atoms with Crippen LogP contribution in [-0.2, 0) is 31.5 Å². The number of rotatable bonds is 9. The van der Waals surface area contributed by atoms with Crippen LogP contribution in [0.15, 0.2) is 35.9 Å². The second-order valence-electron chi connectivity index (χ2n) is 11.2. The van der Waals surface area contributed by atoms with E-state index in [1.807, 2.05) is 0 Å². The second-order valence-corrected chi connectivity index (χ2v) is 11.2. The summed E-state index contributed by atoms with van der Waals surface area (Å²) in [5.74, 6) is 0.742. The van der Waals surface area contributed by atoms with Crippen molar-refractivity contribution in [3.05, 3.63) is 35.9 Å². The Morgan fingerprint density at radius 2 is 0.698 bits per heavy atom. The van der Waals surface area contributed by atoms with Gasteiger partial charge in [-0.15, -0.1) is 0 Å². The molecular formula is C30H51FeN3O9. The van der Waals surface area contributed by atoms with E-state index in [2.05, 4.69) is 0 Å². The second kappa shape index (κ2) is 22.0. The van der Waals surface area contributed by atoms with Gasteiger partial charge in [0.1, 0.15) is 0 Å². The van der Waals surface area contributed by atoms with E-state index in [9.17, 15) is 29.7 Å². The zero-order chi connectivity index (χ0) is 31.7. The third-order valence-corrected chi connectivity index (χ3v) is 7.59. The molecule has 0 amide bonds. The van der Waals surface area contributed by atoms with Crippen LogP contribution in [0.3, 0.4) is 0 Å². The Balaban J connectivity index is 0.000000608. The molecule has 12 nitrogen and oxygen atoms in total. The fourth-order valence-corrected chi connectivity index (χ4v) is 4.85. The molecule has 0 radical (unpaired) electrons. The summed E-state index contributed by atoms with van der Waals surface area (Å²) in [6.45, 7) is 9.14. The largest absolute Gasteiger partial charge is 0.495 e. The van der Waals surface area contributed by atoms with E-state index in [0.717, 1.165) is 38.5 Å². The van der Waals surface area contributed by atoms with Crippen molar-refractivity contribution in [2.24, 2.45) is 17.8 Å². The molecule has 0 aliphatic carbocycles. The van der Waals surface area contributed by atoms with E-state index in [-0.39, 0.29) is 71.9 Å². The van der Waals surface area contributed by atoms with Gasteiger partial charge in [-0.05, 0) is 77.0 Å². The number of piperidine rings is 3. The quantitative estimate of drug-likeness (QED) is 0.121. The van der Waals surface area contributed by atoms with E-state index >= 15 is 0 Å². The molecule has 6 N–H and O–H groups in total. The van der Waals surface area contributed by atoms with Crippen molar-refractivity contribution in [1.29, 1.82) is 0 Å². The van der Waals surface area contributed by atoms with Crippen LogP contribution >= 0.6 is 0 Å². The number of ketones is 3. The van der Waals surface area contributed by atoms with Crippen molar-refractivity contribution in [2.75, 3.05) is 59.1 Å². The molecular weight excluding hydrogens is 602 g/mol. The van der Waals surface area contributed by atoms with Gasteiger partial charge in [-0.3, -0.25) is 14.4 Å². The first-order valence-corrected chi connectivity index (χ1v) is 14.7. The summed E-state index contributed by atoms with van der Waals surface area (Å²) in [5.41, 5.74) is 0. The van der Waals surface area contributed by atoms with Gasteiger partial charge in [-0.1, -0.05) is 0 Å². The van der Waals surface area contributed by atoms with Crippen LogP contribution in [0, 0.1) is 17.8 Å². The third kappa shape index (κ3) is 16.7. The minimum Gasteiger partial charge on any atom is -0.495 e. The summed E-state index contributed by atoms with van der Waals surface area (Å²) in [6, 6.07) is 0. The summed E-state index contributed by atoms with van der Waals surface area (Å²) < 4.78 is 0. The molecule has 0 atom stereocenters. The number of aliphatic hydroxyl groups is 6.